The maximum absolute atomic E-state index is 5.50. The topological polar surface area (TPSA) is 70.5 Å². The lowest BCUT2D eigenvalue weighted by molar-refractivity contribution is 0.174. The number of nitrogens with zero attached hydrogens (tertiary/aromatic N) is 1. The highest BCUT2D eigenvalue weighted by Crippen LogP contribution is 2.42. The number of nitrogens with two attached hydrogens (primary N) is 1. The van der Waals surface area contributed by atoms with Crippen molar-refractivity contribution in [2.24, 2.45) is 0 Å². The van der Waals surface area contributed by atoms with Crippen LogP contribution in [0.2, 0.25) is 0 Å². The van der Waals surface area contributed by atoms with Gasteiger partial charge < -0.3 is 19.7 Å². The van der Waals surface area contributed by atoms with E-state index in [-0.39, 0.29) is 12.7 Å². The number of aromatic nitrogens is 1. The minimum absolute atomic E-state index is 0.235. The lowest BCUT2D eigenvalue weighted by atomic mass is 10.1. The van der Waals surface area contributed by atoms with Gasteiger partial charge in [0.05, 0.1) is 5.56 Å². The Hall–Kier alpha value is -2.17. The van der Waals surface area contributed by atoms with Crippen LogP contribution in [0, 0.1) is 6.92 Å². The van der Waals surface area contributed by atoms with Crippen molar-refractivity contribution in [3.63, 3.8) is 0 Å². The van der Waals surface area contributed by atoms with E-state index in [1.165, 1.54) is 0 Å². The highest BCUT2D eigenvalue weighted by atomic mass is 16.7. The molecule has 0 aliphatic carbocycles. The smallest absolute Gasteiger partial charge is 0.231 e. The zero-order valence-corrected chi connectivity index (χ0v) is 8.69. The first-order valence-electron chi connectivity index (χ1n) is 4.87. The molecule has 1 aliphatic heterocycles. The van der Waals surface area contributed by atoms with E-state index in [4.69, 9.17) is 19.7 Å². The lowest BCUT2D eigenvalue weighted by Crippen LogP contribution is -1.93. The number of nitrogen functional groups attached to an aromatic ring is 1. The first kappa shape index (κ1) is 9.08. The third-order valence-electron chi connectivity index (χ3n) is 2.42. The molecule has 2 aromatic rings. The van der Waals surface area contributed by atoms with E-state index in [9.17, 15) is 0 Å². The molecule has 0 bridgehead atoms. The summed E-state index contributed by atoms with van der Waals surface area (Å²) >= 11 is 0. The fraction of sp³-hybridized carbons (Fsp3) is 0.182. The van der Waals surface area contributed by atoms with Crippen LogP contribution >= 0.6 is 0 Å². The number of hydrogen-bond acceptors (Lipinski definition) is 5. The molecule has 0 fully saturated rings. The fourth-order valence-electron chi connectivity index (χ4n) is 1.75. The third-order valence-corrected chi connectivity index (χ3v) is 2.42. The van der Waals surface area contributed by atoms with E-state index >= 15 is 0 Å². The van der Waals surface area contributed by atoms with Gasteiger partial charge in [0.15, 0.2) is 11.5 Å². The monoisotopic (exact) mass is 218 g/mol. The summed E-state index contributed by atoms with van der Waals surface area (Å²) in [5.41, 5.74) is 8.06. The molecule has 0 saturated heterocycles. The second kappa shape index (κ2) is 3.16. The molecule has 3 rings (SSSR count). The highest BCUT2D eigenvalue weighted by Gasteiger charge is 2.21. The Bertz CT molecular complexity index is 548. The van der Waals surface area contributed by atoms with E-state index in [1.807, 2.05) is 19.1 Å². The zero-order chi connectivity index (χ0) is 11.1. The molecule has 5 nitrogen and oxygen atoms in total. The van der Waals surface area contributed by atoms with Crippen molar-refractivity contribution in [1.82, 2.24) is 5.16 Å². The second-order valence-electron chi connectivity index (χ2n) is 3.66. The van der Waals surface area contributed by atoms with Gasteiger partial charge in [-0.2, -0.15) is 0 Å². The summed E-state index contributed by atoms with van der Waals surface area (Å²) in [6, 6.07) is 5.55. The molecule has 0 radical (unpaired) electrons. The molecule has 1 aromatic carbocycles. The Morgan fingerprint density at radius 3 is 2.88 bits per heavy atom. The van der Waals surface area contributed by atoms with Gasteiger partial charge in [0.1, 0.15) is 5.69 Å². The molecule has 1 aliphatic rings. The SMILES string of the molecule is Cc1cc2c(c(-c3cc(N)on3)c1)OCO2. The van der Waals surface area contributed by atoms with E-state index in [0.29, 0.717) is 11.4 Å². The zero-order valence-electron chi connectivity index (χ0n) is 8.69. The number of aryl methyl sites for hydroxylation is 1. The summed E-state index contributed by atoms with van der Waals surface area (Å²) in [4.78, 5) is 0. The van der Waals surface area contributed by atoms with Gasteiger partial charge in [-0.25, -0.2) is 0 Å². The molecule has 5 heteroatoms. The lowest BCUT2D eigenvalue weighted by Gasteiger charge is -2.03. The summed E-state index contributed by atoms with van der Waals surface area (Å²) in [6.07, 6.45) is 0. The van der Waals surface area contributed by atoms with E-state index in [1.54, 1.807) is 6.07 Å². The number of benzene rings is 1. The maximum atomic E-state index is 5.50. The third kappa shape index (κ3) is 1.29. The number of anilines is 1. The predicted molar refractivity (Wildman–Crippen MR) is 57.2 cm³/mol. The van der Waals surface area contributed by atoms with Crippen LogP contribution in [0.4, 0.5) is 5.88 Å². The summed E-state index contributed by atoms with van der Waals surface area (Å²) in [6.45, 7) is 2.22. The van der Waals surface area contributed by atoms with Crippen LogP contribution in [0.3, 0.4) is 0 Å². The van der Waals surface area contributed by atoms with Gasteiger partial charge in [0.2, 0.25) is 12.7 Å². The molecule has 0 unspecified atom stereocenters. The van der Waals surface area contributed by atoms with Gasteiger partial charge >= 0.3 is 0 Å². The number of rotatable bonds is 1. The van der Waals surface area contributed by atoms with Gasteiger partial charge in [-0.05, 0) is 24.6 Å². The number of fused-ring (bicyclic) bond motifs is 1. The largest absolute Gasteiger partial charge is 0.454 e. The van der Waals surface area contributed by atoms with E-state index < -0.39 is 0 Å². The minimum Gasteiger partial charge on any atom is -0.454 e. The summed E-state index contributed by atoms with van der Waals surface area (Å²) < 4.78 is 15.6. The van der Waals surface area contributed by atoms with Crippen LogP contribution < -0.4 is 15.2 Å². The molecule has 0 atom stereocenters. The first-order valence-corrected chi connectivity index (χ1v) is 4.87. The van der Waals surface area contributed by atoms with Crippen molar-refractivity contribution in [1.29, 1.82) is 0 Å². The summed E-state index contributed by atoms with van der Waals surface area (Å²) in [5.74, 6) is 1.71. The number of ether oxygens (including phenoxy) is 2. The molecule has 0 saturated carbocycles. The van der Waals surface area contributed by atoms with Crippen molar-refractivity contribution in [2.75, 3.05) is 12.5 Å². The first-order chi connectivity index (χ1) is 7.74. The molecule has 2 heterocycles. The van der Waals surface area contributed by atoms with Gasteiger partial charge in [-0.1, -0.05) is 5.16 Å². The maximum Gasteiger partial charge on any atom is 0.231 e. The molecular formula is C11H10N2O3. The van der Waals surface area contributed by atoms with Crippen molar-refractivity contribution in [3.8, 4) is 22.8 Å². The predicted octanol–water partition coefficient (Wildman–Crippen LogP) is 1.96. The summed E-state index contributed by atoms with van der Waals surface area (Å²) in [7, 11) is 0. The quantitative estimate of drug-likeness (QED) is 0.792. The van der Waals surface area contributed by atoms with Gasteiger partial charge in [-0.3, -0.25) is 0 Å². The van der Waals surface area contributed by atoms with Crippen molar-refractivity contribution < 1.29 is 14.0 Å². The van der Waals surface area contributed by atoms with Crippen LogP contribution in [-0.2, 0) is 0 Å². The van der Waals surface area contributed by atoms with Crippen LogP contribution in [-0.4, -0.2) is 11.9 Å². The van der Waals surface area contributed by atoms with E-state index in [0.717, 1.165) is 16.9 Å². The van der Waals surface area contributed by atoms with Crippen molar-refractivity contribution in [3.05, 3.63) is 23.8 Å². The Kier molecular flexibility index (Phi) is 1.80. The molecule has 16 heavy (non-hydrogen) atoms. The molecule has 0 amide bonds. The molecular weight excluding hydrogens is 208 g/mol. The van der Waals surface area contributed by atoms with Gasteiger partial charge in [0, 0.05) is 6.07 Å². The molecule has 0 spiro atoms. The Labute approximate surface area is 91.7 Å². The van der Waals surface area contributed by atoms with Crippen LogP contribution in [0.1, 0.15) is 5.56 Å². The van der Waals surface area contributed by atoms with Crippen LogP contribution in [0.15, 0.2) is 22.7 Å². The average molecular weight is 218 g/mol. The van der Waals surface area contributed by atoms with Crippen molar-refractivity contribution in [2.45, 2.75) is 6.92 Å². The van der Waals surface area contributed by atoms with Crippen molar-refractivity contribution >= 4 is 5.88 Å². The summed E-state index contributed by atoms with van der Waals surface area (Å²) in [5, 5.41) is 3.87. The Balaban J connectivity index is 2.20. The normalized spacial score (nSPS) is 13.1. The van der Waals surface area contributed by atoms with Gasteiger partial charge in [0.25, 0.3) is 0 Å². The standard InChI is InChI=1S/C11H10N2O3/c1-6-2-7(8-4-10(12)16-13-8)11-9(3-6)14-5-15-11/h2-4H,5,12H2,1H3. The number of hydrogen-bond donors (Lipinski definition) is 1. The van der Waals surface area contributed by atoms with E-state index in [2.05, 4.69) is 5.16 Å². The highest BCUT2D eigenvalue weighted by molar-refractivity contribution is 5.73. The minimum atomic E-state index is 0.235. The second-order valence-corrected chi connectivity index (χ2v) is 3.66. The molecule has 1 aromatic heterocycles. The Morgan fingerprint density at radius 2 is 2.12 bits per heavy atom. The molecule has 2 N–H and O–H groups in total. The van der Waals surface area contributed by atoms with Gasteiger partial charge in [-0.15, -0.1) is 0 Å². The average Bonchev–Trinajstić information content (AvgIpc) is 2.84. The molecule has 82 valence electrons. The Morgan fingerprint density at radius 1 is 1.25 bits per heavy atom. The van der Waals surface area contributed by atoms with Crippen LogP contribution in [0.25, 0.3) is 11.3 Å². The van der Waals surface area contributed by atoms with Crippen LogP contribution in [0.5, 0.6) is 11.5 Å². The fourth-order valence-corrected chi connectivity index (χ4v) is 1.75.